The van der Waals surface area contributed by atoms with E-state index in [1.54, 1.807) is 0 Å². The Labute approximate surface area is 89.9 Å². The summed E-state index contributed by atoms with van der Waals surface area (Å²) in [5.41, 5.74) is 5.20. The monoisotopic (exact) mass is 204 g/mol. The number of benzene rings is 1. The minimum Gasteiger partial charge on any atom is -0.481 e. The first-order chi connectivity index (χ1) is 7.09. The summed E-state index contributed by atoms with van der Waals surface area (Å²) in [6, 6.07) is 4.23. The number of carboxylic acid groups (broad SMARTS) is 1. The lowest BCUT2D eigenvalue weighted by molar-refractivity contribution is -0.142. The molecule has 0 aromatic heterocycles. The highest BCUT2D eigenvalue weighted by atomic mass is 16.4. The largest absolute Gasteiger partial charge is 0.481 e. The minimum atomic E-state index is -0.651. The number of aryl methyl sites for hydroxylation is 2. The molecule has 0 radical (unpaired) electrons. The number of hydrogen-bond donors (Lipinski definition) is 1. The van der Waals surface area contributed by atoms with Gasteiger partial charge in [-0.1, -0.05) is 12.1 Å². The lowest BCUT2D eigenvalue weighted by Gasteiger charge is -2.24. The van der Waals surface area contributed by atoms with Crippen LogP contribution in [0.2, 0.25) is 0 Å². The van der Waals surface area contributed by atoms with Crippen molar-refractivity contribution in [3.63, 3.8) is 0 Å². The molecule has 1 N–H and O–H groups in total. The van der Waals surface area contributed by atoms with E-state index < -0.39 is 5.97 Å². The number of carbonyl (C=O) groups is 1. The molecule has 80 valence electrons. The van der Waals surface area contributed by atoms with Crippen molar-refractivity contribution in [3.05, 3.63) is 34.4 Å². The molecule has 1 unspecified atom stereocenters. The van der Waals surface area contributed by atoms with Crippen LogP contribution >= 0.6 is 0 Å². The topological polar surface area (TPSA) is 37.3 Å². The Morgan fingerprint density at radius 1 is 1.27 bits per heavy atom. The number of carboxylic acids is 1. The molecule has 0 spiro atoms. The van der Waals surface area contributed by atoms with Crippen LogP contribution in [0, 0.1) is 19.8 Å². The van der Waals surface area contributed by atoms with Gasteiger partial charge in [-0.15, -0.1) is 0 Å². The number of hydrogen-bond acceptors (Lipinski definition) is 1. The summed E-state index contributed by atoms with van der Waals surface area (Å²) >= 11 is 0. The van der Waals surface area contributed by atoms with E-state index in [4.69, 9.17) is 5.11 Å². The SMILES string of the molecule is Cc1ccc(C)c2c1CCC(C(=O)O)C2. The molecular formula is C13H16O2. The van der Waals surface area contributed by atoms with Crippen molar-refractivity contribution >= 4 is 5.97 Å². The molecule has 1 aliphatic rings. The summed E-state index contributed by atoms with van der Waals surface area (Å²) in [6.45, 7) is 4.18. The zero-order chi connectivity index (χ0) is 11.0. The molecule has 0 aliphatic heterocycles. The van der Waals surface area contributed by atoms with Gasteiger partial charge in [0.15, 0.2) is 0 Å². The summed E-state index contributed by atoms with van der Waals surface area (Å²) in [6.07, 6.45) is 2.41. The van der Waals surface area contributed by atoms with Gasteiger partial charge >= 0.3 is 5.97 Å². The fraction of sp³-hybridized carbons (Fsp3) is 0.462. The van der Waals surface area contributed by atoms with Crippen molar-refractivity contribution < 1.29 is 9.90 Å². The Kier molecular flexibility index (Phi) is 2.51. The first-order valence-corrected chi connectivity index (χ1v) is 5.40. The van der Waals surface area contributed by atoms with E-state index in [0.717, 1.165) is 12.8 Å². The first kappa shape index (κ1) is 10.2. The lowest BCUT2D eigenvalue weighted by atomic mass is 9.80. The maximum Gasteiger partial charge on any atom is 0.306 e. The smallest absolute Gasteiger partial charge is 0.306 e. The standard InChI is InChI=1S/C13H16O2/c1-8-3-4-9(2)12-7-10(13(14)15)5-6-11(8)12/h3-4,10H,5-7H2,1-2H3,(H,14,15). The Morgan fingerprint density at radius 3 is 2.47 bits per heavy atom. The van der Waals surface area contributed by atoms with Gasteiger partial charge < -0.3 is 5.11 Å². The molecule has 15 heavy (non-hydrogen) atoms. The summed E-state index contributed by atoms with van der Waals surface area (Å²) in [5, 5.41) is 9.02. The van der Waals surface area contributed by atoms with E-state index in [1.165, 1.54) is 22.3 Å². The summed E-state index contributed by atoms with van der Waals surface area (Å²) in [4.78, 5) is 11.0. The second kappa shape index (κ2) is 3.69. The van der Waals surface area contributed by atoms with Crippen LogP contribution in [0.5, 0.6) is 0 Å². The van der Waals surface area contributed by atoms with Gasteiger partial charge in [-0.2, -0.15) is 0 Å². The van der Waals surface area contributed by atoms with Crippen LogP contribution in [0.3, 0.4) is 0 Å². The molecule has 2 heteroatoms. The summed E-state index contributed by atoms with van der Waals surface area (Å²) in [5.74, 6) is -0.834. The van der Waals surface area contributed by atoms with E-state index in [-0.39, 0.29) is 5.92 Å². The Bertz CT molecular complexity index is 407. The zero-order valence-corrected chi connectivity index (χ0v) is 9.21. The number of fused-ring (bicyclic) bond motifs is 1. The van der Waals surface area contributed by atoms with Crippen LogP contribution in [-0.4, -0.2) is 11.1 Å². The third kappa shape index (κ3) is 1.76. The van der Waals surface area contributed by atoms with Crippen LogP contribution in [0.25, 0.3) is 0 Å². The molecule has 1 aromatic rings. The number of aliphatic carboxylic acids is 1. The Balaban J connectivity index is 2.41. The molecule has 1 aliphatic carbocycles. The molecule has 1 atom stereocenters. The van der Waals surface area contributed by atoms with Crippen LogP contribution in [0.4, 0.5) is 0 Å². The minimum absolute atomic E-state index is 0.182. The highest BCUT2D eigenvalue weighted by Crippen LogP contribution is 2.30. The molecule has 2 nitrogen and oxygen atoms in total. The fourth-order valence-electron chi connectivity index (χ4n) is 2.44. The maximum absolute atomic E-state index is 11.0. The Morgan fingerprint density at radius 2 is 1.87 bits per heavy atom. The van der Waals surface area contributed by atoms with Crippen molar-refractivity contribution in [1.29, 1.82) is 0 Å². The predicted octanol–water partition coefficient (Wildman–Crippen LogP) is 2.49. The molecule has 2 rings (SSSR count). The quantitative estimate of drug-likeness (QED) is 0.763. The molecular weight excluding hydrogens is 188 g/mol. The van der Waals surface area contributed by atoms with Gasteiger partial charge in [-0.25, -0.2) is 0 Å². The second-order valence-electron chi connectivity index (χ2n) is 4.43. The van der Waals surface area contributed by atoms with Gasteiger partial charge in [-0.3, -0.25) is 4.79 Å². The highest BCUT2D eigenvalue weighted by molar-refractivity contribution is 5.71. The van der Waals surface area contributed by atoms with E-state index in [0.29, 0.717) is 6.42 Å². The van der Waals surface area contributed by atoms with Gasteiger partial charge in [0.2, 0.25) is 0 Å². The predicted molar refractivity (Wildman–Crippen MR) is 59.1 cm³/mol. The van der Waals surface area contributed by atoms with Crippen molar-refractivity contribution in [3.8, 4) is 0 Å². The van der Waals surface area contributed by atoms with E-state index in [2.05, 4.69) is 26.0 Å². The molecule has 0 heterocycles. The molecule has 1 aromatic carbocycles. The van der Waals surface area contributed by atoms with E-state index in [9.17, 15) is 4.79 Å². The van der Waals surface area contributed by atoms with Crippen LogP contribution < -0.4 is 0 Å². The van der Waals surface area contributed by atoms with E-state index in [1.807, 2.05) is 0 Å². The number of rotatable bonds is 1. The first-order valence-electron chi connectivity index (χ1n) is 5.40. The van der Waals surface area contributed by atoms with Crippen molar-refractivity contribution in [2.45, 2.75) is 33.1 Å². The van der Waals surface area contributed by atoms with Crippen LogP contribution in [0.15, 0.2) is 12.1 Å². The molecule has 0 saturated heterocycles. The van der Waals surface area contributed by atoms with Gasteiger partial charge in [0, 0.05) is 0 Å². The maximum atomic E-state index is 11.0. The summed E-state index contributed by atoms with van der Waals surface area (Å²) in [7, 11) is 0. The highest BCUT2D eigenvalue weighted by Gasteiger charge is 2.25. The second-order valence-corrected chi connectivity index (χ2v) is 4.43. The van der Waals surface area contributed by atoms with E-state index >= 15 is 0 Å². The molecule has 0 bridgehead atoms. The Hall–Kier alpha value is -1.31. The van der Waals surface area contributed by atoms with Crippen molar-refractivity contribution in [2.24, 2.45) is 5.92 Å². The average Bonchev–Trinajstić information content (AvgIpc) is 2.23. The van der Waals surface area contributed by atoms with Gasteiger partial charge in [0.25, 0.3) is 0 Å². The lowest BCUT2D eigenvalue weighted by Crippen LogP contribution is -2.23. The third-order valence-electron chi connectivity index (χ3n) is 3.44. The van der Waals surface area contributed by atoms with Gasteiger partial charge in [0.1, 0.15) is 0 Å². The zero-order valence-electron chi connectivity index (χ0n) is 9.21. The average molecular weight is 204 g/mol. The van der Waals surface area contributed by atoms with Gasteiger partial charge in [-0.05, 0) is 55.4 Å². The molecule has 0 saturated carbocycles. The normalized spacial score (nSPS) is 19.7. The third-order valence-corrected chi connectivity index (χ3v) is 3.44. The van der Waals surface area contributed by atoms with Crippen molar-refractivity contribution in [2.75, 3.05) is 0 Å². The van der Waals surface area contributed by atoms with Gasteiger partial charge in [0.05, 0.1) is 5.92 Å². The van der Waals surface area contributed by atoms with Crippen LogP contribution in [-0.2, 0) is 17.6 Å². The van der Waals surface area contributed by atoms with Crippen LogP contribution in [0.1, 0.15) is 28.7 Å². The molecule has 0 amide bonds. The molecule has 0 fully saturated rings. The summed E-state index contributed by atoms with van der Waals surface area (Å²) < 4.78 is 0. The fourth-order valence-corrected chi connectivity index (χ4v) is 2.44. The van der Waals surface area contributed by atoms with Crippen molar-refractivity contribution in [1.82, 2.24) is 0 Å².